The van der Waals surface area contributed by atoms with Crippen LogP contribution in [0.3, 0.4) is 0 Å². The molecule has 0 aliphatic rings. The Morgan fingerprint density at radius 3 is 2.48 bits per heavy atom. The van der Waals surface area contributed by atoms with E-state index in [0.717, 1.165) is 22.3 Å². The third-order valence-corrected chi connectivity index (χ3v) is 4.82. The highest BCUT2D eigenvalue weighted by atomic mass is 16.5. The van der Waals surface area contributed by atoms with E-state index in [0.29, 0.717) is 18.8 Å². The minimum Gasteiger partial charge on any atom is -0.461 e. The lowest BCUT2D eigenvalue weighted by atomic mass is 10.1. The molecule has 0 saturated carbocycles. The van der Waals surface area contributed by atoms with Gasteiger partial charge in [0.15, 0.2) is 0 Å². The number of aryl methyl sites for hydroxylation is 1. The molecule has 0 spiro atoms. The molecule has 0 amide bonds. The molecule has 0 aliphatic carbocycles. The first-order chi connectivity index (χ1) is 13.2. The minimum absolute atomic E-state index is 0.292. The second-order valence-corrected chi connectivity index (χ2v) is 6.57. The standard InChI is InChI=1S/C23H22N2O2/c1-3-27-23(26)22-14-13-21(25(22)15-17-9-5-4-6-10-17)19-16-24(2)20-12-8-7-11-18(19)20/h4-14,16H,3,15H2,1-2H3. The second-order valence-electron chi connectivity index (χ2n) is 6.57. The van der Waals surface area contributed by atoms with Gasteiger partial charge in [0.2, 0.25) is 0 Å². The largest absolute Gasteiger partial charge is 0.461 e. The number of carbonyl (C=O) groups is 1. The highest BCUT2D eigenvalue weighted by molar-refractivity contribution is 5.97. The Labute approximate surface area is 158 Å². The maximum absolute atomic E-state index is 12.5. The molecule has 2 aromatic heterocycles. The summed E-state index contributed by atoms with van der Waals surface area (Å²) < 4.78 is 9.45. The number of rotatable bonds is 5. The summed E-state index contributed by atoms with van der Waals surface area (Å²) in [7, 11) is 2.04. The molecule has 0 aliphatic heterocycles. The maximum atomic E-state index is 12.5. The van der Waals surface area contributed by atoms with E-state index in [2.05, 4.69) is 39.6 Å². The SMILES string of the molecule is CCOC(=O)c1ccc(-c2cn(C)c3ccccc23)n1Cc1ccccc1. The highest BCUT2D eigenvalue weighted by Crippen LogP contribution is 2.32. The van der Waals surface area contributed by atoms with Gasteiger partial charge in [0.1, 0.15) is 5.69 Å². The number of carbonyl (C=O) groups excluding carboxylic acids is 1. The van der Waals surface area contributed by atoms with Crippen molar-refractivity contribution >= 4 is 16.9 Å². The van der Waals surface area contributed by atoms with E-state index in [1.54, 1.807) is 0 Å². The Morgan fingerprint density at radius 2 is 1.70 bits per heavy atom. The van der Waals surface area contributed by atoms with Crippen LogP contribution >= 0.6 is 0 Å². The first-order valence-corrected chi connectivity index (χ1v) is 9.14. The predicted molar refractivity (Wildman–Crippen MR) is 108 cm³/mol. The number of nitrogens with zero attached hydrogens (tertiary/aromatic N) is 2. The molecule has 2 heterocycles. The average molecular weight is 358 g/mol. The van der Waals surface area contributed by atoms with Crippen molar-refractivity contribution < 1.29 is 9.53 Å². The molecule has 4 nitrogen and oxygen atoms in total. The average Bonchev–Trinajstić information content (AvgIpc) is 3.24. The van der Waals surface area contributed by atoms with E-state index >= 15 is 0 Å². The predicted octanol–water partition coefficient (Wildman–Crippen LogP) is 4.87. The van der Waals surface area contributed by atoms with Gasteiger partial charge in [0.05, 0.1) is 12.3 Å². The molecule has 4 aromatic rings. The van der Waals surface area contributed by atoms with E-state index in [4.69, 9.17) is 4.74 Å². The van der Waals surface area contributed by atoms with Crippen LogP contribution in [0.25, 0.3) is 22.2 Å². The lowest BCUT2D eigenvalue weighted by Crippen LogP contribution is -2.13. The Hall–Kier alpha value is -3.27. The van der Waals surface area contributed by atoms with Gasteiger partial charge < -0.3 is 13.9 Å². The fourth-order valence-electron chi connectivity index (χ4n) is 3.57. The van der Waals surface area contributed by atoms with Gasteiger partial charge in [-0.15, -0.1) is 0 Å². The van der Waals surface area contributed by atoms with E-state index in [-0.39, 0.29) is 5.97 Å². The quantitative estimate of drug-likeness (QED) is 0.477. The Bertz CT molecular complexity index is 1090. The molecule has 0 fully saturated rings. The van der Waals surface area contributed by atoms with Crippen LogP contribution in [-0.2, 0) is 18.3 Å². The van der Waals surface area contributed by atoms with E-state index in [9.17, 15) is 4.79 Å². The van der Waals surface area contributed by atoms with Crippen molar-refractivity contribution in [3.05, 3.63) is 84.2 Å². The smallest absolute Gasteiger partial charge is 0.354 e. The van der Waals surface area contributed by atoms with Gasteiger partial charge in [-0.3, -0.25) is 0 Å². The number of ether oxygens (including phenoxy) is 1. The van der Waals surface area contributed by atoms with Gasteiger partial charge in [-0.25, -0.2) is 4.79 Å². The first-order valence-electron chi connectivity index (χ1n) is 9.14. The summed E-state index contributed by atoms with van der Waals surface area (Å²) in [5.41, 5.74) is 5.00. The van der Waals surface area contributed by atoms with Crippen LogP contribution < -0.4 is 0 Å². The minimum atomic E-state index is -0.292. The van der Waals surface area contributed by atoms with Crippen LogP contribution in [0, 0.1) is 0 Å². The summed E-state index contributed by atoms with van der Waals surface area (Å²) in [6.45, 7) is 2.80. The highest BCUT2D eigenvalue weighted by Gasteiger charge is 2.19. The topological polar surface area (TPSA) is 36.2 Å². The van der Waals surface area contributed by atoms with Crippen molar-refractivity contribution in [3.63, 3.8) is 0 Å². The van der Waals surface area contributed by atoms with Crippen LogP contribution in [0.1, 0.15) is 23.0 Å². The zero-order chi connectivity index (χ0) is 18.8. The van der Waals surface area contributed by atoms with Crippen molar-refractivity contribution in [1.82, 2.24) is 9.13 Å². The lowest BCUT2D eigenvalue weighted by Gasteiger charge is -2.13. The molecule has 0 radical (unpaired) electrons. The van der Waals surface area contributed by atoms with Crippen LogP contribution in [0.5, 0.6) is 0 Å². The molecule has 0 saturated heterocycles. The number of aromatic nitrogens is 2. The van der Waals surface area contributed by atoms with E-state index in [1.165, 1.54) is 5.39 Å². The summed E-state index contributed by atoms with van der Waals surface area (Å²) in [4.78, 5) is 12.5. The molecule has 0 atom stereocenters. The Balaban J connectivity index is 1.88. The summed E-state index contributed by atoms with van der Waals surface area (Å²) in [6.07, 6.45) is 2.12. The fraction of sp³-hybridized carbons (Fsp3) is 0.174. The van der Waals surface area contributed by atoms with Crippen LogP contribution in [-0.4, -0.2) is 21.7 Å². The van der Waals surface area contributed by atoms with Gasteiger partial charge >= 0.3 is 5.97 Å². The second kappa shape index (κ2) is 7.16. The monoisotopic (exact) mass is 358 g/mol. The van der Waals surface area contributed by atoms with Crippen molar-refractivity contribution in [2.24, 2.45) is 7.05 Å². The zero-order valence-corrected chi connectivity index (χ0v) is 15.6. The van der Waals surface area contributed by atoms with Crippen LogP contribution in [0.4, 0.5) is 0 Å². The van der Waals surface area contributed by atoms with Crippen molar-refractivity contribution in [2.45, 2.75) is 13.5 Å². The zero-order valence-electron chi connectivity index (χ0n) is 15.6. The molecule has 4 rings (SSSR count). The third kappa shape index (κ3) is 3.14. The van der Waals surface area contributed by atoms with Gasteiger partial charge in [-0.2, -0.15) is 0 Å². The Morgan fingerprint density at radius 1 is 0.963 bits per heavy atom. The molecule has 136 valence electrons. The molecule has 27 heavy (non-hydrogen) atoms. The molecule has 4 heteroatoms. The fourth-order valence-corrected chi connectivity index (χ4v) is 3.57. The number of fused-ring (bicyclic) bond motifs is 1. The molecule has 2 aromatic carbocycles. The van der Waals surface area contributed by atoms with Crippen molar-refractivity contribution in [1.29, 1.82) is 0 Å². The van der Waals surface area contributed by atoms with Crippen LogP contribution in [0.15, 0.2) is 72.9 Å². The molecule has 0 unspecified atom stereocenters. The maximum Gasteiger partial charge on any atom is 0.354 e. The molecule has 0 N–H and O–H groups in total. The molecule has 0 bridgehead atoms. The number of para-hydroxylation sites is 1. The third-order valence-electron chi connectivity index (χ3n) is 4.82. The summed E-state index contributed by atoms with van der Waals surface area (Å²) in [5.74, 6) is -0.292. The van der Waals surface area contributed by atoms with Crippen LogP contribution in [0.2, 0.25) is 0 Å². The van der Waals surface area contributed by atoms with E-state index in [1.807, 2.05) is 56.4 Å². The molecular weight excluding hydrogens is 336 g/mol. The lowest BCUT2D eigenvalue weighted by molar-refractivity contribution is 0.0514. The number of hydrogen-bond donors (Lipinski definition) is 0. The summed E-state index contributed by atoms with van der Waals surface area (Å²) in [5, 5.41) is 1.17. The van der Waals surface area contributed by atoms with Gasteiger partial charge in [0, 0.05) is 36.3 Å². The van der Waals surface area contributed by atoms with Gasteiger partial charge in [0.25, 0.3) is 0 Å². The van der Waals surface area contributed by atoms with E-state index < -0.39 is 0 Å². The van der Waals surface area contributed by atoms with Gasteiger partial charge in [-0.05, 0) is 30.7 Å². The number of esters is 1. The van der Waals surface area contributed by atoms with Gasteiger partial charge in [-0.1, -0.05) is 48.5 Å². The normalized spacial score (nSPS) is 11.0. The first kappa shape index (κ1) is 17.2. The Kier molecular flexibility index (Phi) is 4.55. The van der Waals surface area contributed by atoms with Crippen molar-refractivity contribution in [3.8, 4) is 11.3 Å². The summed E-state index contributed by atoms with van der Waals surface area (Å²) >= 11 is 0. The van der Waals surface area contributed by atoms with Crippen molar-refractivity contribution in [2.75, 3.05) is 6.61 Å². The summed E-state index contributed by atoms with van der Waals surface area (Å²) in [6, 6.07) is 22.3. The molecular formula is C23H22N2O2. The number of benzene rings is 2. The number of hydrogen-bond acceptors (Lipinski definition) is 2.